The fourth-order valence-electron chi connectivity index (χ4n) is 4.11. The van der Waals surface area contributed by atoms with Gasteiger partial charge in [0.15, 0.2) is 5.82 Å². The van der Waals surface area contributed by atoms with Gasteiger partial charge in [0.1, 0.15) is 23.4 Å². The zero-order valence-electron chi connectivity index (χ0n) is 19.8. The number of hydrogen-bond donors (Lipinski definition) is 2. The van der Waals surface area contributed by atoms with Gasteiger partial charge in [-0.2, -0.15) is 0 Å². The summed E-state index contributed by atoms with van der Waals surface area (Å²) in [4.78, 5) is 42.9. The lowest BCUT2D eigenvalue weighted by molar-refractivity contribution is -0.154. The molecule has 1 fully saturated rings. The molecule has 0 bridgehead atoms. The molecule has 0 aromatic carbocycles. The first-order valence-corrected chi connectivity index (χ1v) is 11.3. The van der Waals surface area contributed by atoms with Crippen LogP contribution in [-0.4, -0.2) is 56.5 Å². The highest BCUT2D eigenvalue weighted by Crippen LogP contribution is 2.28. The van der Waals surface area contributed by atoms with Crippen molar-refractivity contribution in [2.45, 2.75) is 58.6 Å². The minimum absolute atomic E-state index is 0.102. The van der Waals surface area contributed by atoms with E-state index in [0.717, 1.165) is 28.6 Å². The van der Waals surface area contributed by atoms with E-state index in [1.165, 1.54) is 6.07 Å². The molecule has 3 aromatic heterocycles. The van der Waals surface area contributed by atoms with Crippen molar-refractivity contribution in [2.75, 3.05) is 18.0 Å². The van der Waals surface area contributed by atoms with Gasteiger partial charge in [0.25, 0.3) is 5.91 Å². The molecule has 1 saturated heterocycles. The summed E-state index contributed by atoms with van der Waals surface area (Å²) in [5, 5.41) is 3.92. The lowest BCUT2D eigenvalue weighted by Crippen LogP contribution is -2.45. The fraction of sp³-hybridized carbons (Fsp3) is 0.458. The van der Waals surface area contributed by atoms with Crippen LogP contribution in [0.3, 0.4) is 0 Å². The summed E-state index contributed by atoms with van der Waals surface area (Å²) in [7, 11) is 0. The van der Waals surface area contributed by atoms with Crippen LogP contribution in [0.25, 0.3) is 11.0 Å². The number of aromatic nitrogens is 4. The number of hydrogen-bond acceptors (Lipinski definition) is 7. The van der Waals surface area contributed by atoms with Crippen LogP contribution in [-0.2, 0) is 16.0 Å². The molecule has 2 N–H and O–H groups in total. The van der Waals surface area contributed by atoms with Gasteiger partial charge in [-0.25, -0.2) is 14.4 Å². The number of piperidine rings is 1. The number of esters is 1. The van der Waals surface area contributed by atoms with E-state index in [1.807, 2.05) is 13.1 Å². The van der Waals surface area contributed by atoms with Gasteiger partial charge in [-0.15, -0.1) is 0 Å². The quantitative estimate of drug-likeness (QED) is 0.553. The average Bonchev–Trinajstić information content (AvgIpc) is 3.15. The molecule has 4 rings (SSSR count). The number of nitrogens with one attached hydrogen (secondary N) is 2. The van der Waals surface area contributed by atoms with Gasteiger partial charge in [0.05, 0.1) is 29.3 Å². The number of fused-ring (bicyclic) bond motifs is 1. The molecule has 0 spiro atoms. The highest BCUT2D eigenvalue weighted by molar-refractivity contribution is 5.95. The van der Waals surface area contributed by atoms with E-state index < -0.39 is 23.3 Å². The summed E-state index contributed by atoms with van der Waals surface area (Å²) in [6, 6.07) is 1.21. The van der Waals surface area contributed by atoms with Crippen LogP contribution in [0.5, 0.6) is 0 Å². The number of nitrogens with zero attached hydrogens (tertiary/aromatic N) is 4. The number of anilines is 1. The SMILES string of the molecule is Cc1c[nH]c2ncnc(N3CCC(NC(=O)c4cc(CC(=O)OC(C)(C)C)ncc4F)CC3)c12. The Morgan fingerprint density at radius 2 is 1.97 bits per heavy atom. The molecule has 0 saturated carbocycles. The second-order valence-corrected chi connectivity index (χ2v) is 9.55. The number of carbonyl (C=O) groups is 2. The second-order valence-electron chi connectivity index (χ2n) is 9.55. The fourth-order valence-corrected chi connectivity index (χ4v) is 4.11. The Morgan fingerprint density at radius 3 is 2.68 bits per heavy atom. The molecule has 34 heavy (non-hydrogen) atoms. The van der Waals surface area contributed by atoms with Gasteiger partial charge >= 0.3 is 5.97 Å². The molecule has 3 aromatic rings. The zero-order chi connectivity index (χ0) is 24.5. The standard InChI is InChI=1S/C24H29FN6O3/c1-14-11-27-21-20(14)22(29-13-28-21)31-7-5-15(6-8-31)30-23(33)17-9-16(26-12-18(17)25)10-19(32)34-24(2,3)4/h9,11-13,15H,5-8,10H2,1-4H3,(H,30,33)(H,27,28,29). The van der Waals surface area contributed by atoms with Crippen molar-refractivity contribution in [2.24, 2.45) is 0 Å². The van der Waals surface area contributed by atoms with Crippen LogP contribution in [0, 0.1) is 12.7 Å². The van der Waals surface area contributed by atoms with Crippen LogP contribution in [0.4, 0.5) is 10.2 Å². The zero-order valence-corrected chi connectivity index (χ0v) is 19.8. The van der Waals surface area contributed by atoms with Crippen LogP contribution in [0.1, 0.15) is 55.2 Å². The summed E-state index contributed by atoms with van der Waals surface area (Å²) in [6.45, 7) is 8.70. The summed E-state index contributed by atoms with van der Waals surface area (Å²) in [6.07, 6.45) is 5.67. The highest BCUT2D eigenvalue weighted by Gasteiger charge is 2.25. The van der Waals surface area contributed by atoms with Crippen molar-refractivity contribution < 1.29 is 18.7 Å². The third kappa shape index (κ3) is 5.32. The van der Waals surface area contributed by atoms with Crippen molar-refractivity contribution >= 4 is 28.7 Å². The van der Waals surface area contributed by atoms with E-state index >= 15 is 0 Å². The van der Waals surface area contributed by atoms with E-state index in [2.05, 4.69) is 30.2 Å². The first-order valence-electron chi connectivity index (χ1n) is 11.3. The van der Waals surface area contributed by atoms with Crippen molar-refractivity contribution in [1.82, 2.24) is 25.3 Å². The summed E-state index contributed by atoms with van der Waals surface area (Å²) in [5.41, 5.74) is 1.40. The number of H-pyrrole nitrogens is 1. The Balaban J connectivity index is 1.38. The van der Waals surface area contributed by atoms with E-state index in [-0.39, 0.29) is 23.7 Å². The Bertz CT molecular complexity index is 1210. The van der Waals surface area contributed by atoms with Crippen molar-refractivity contribution in [3.05, 3.63) is 47.4 Å². The third-order valence-electron chi connectivity index (χ3n) is 5.68. The van der Waals surface area contributed by atoms with E-state index in [1.54, 1.807) is 27.1 Å². The van der Waals surface area contributed by atoms with Gasteiger partial charge in [0, 0.05) is 25.3 Å². The van der Waals surface area contributed by atoms with E-state index in [4.69, 9.17) is 4.74 Å². The number of aromatic amines is 1. The molecule has 0 atom stereocenters. The summed E-state index contributed by atoms with van der Waals surface area (Å²) >= 11 is 0. The lowest BCUT2D eigenvalue weighted by Gasteiger charge is -2.33. The van der Waals surface area contributed by atoms with Crippen molar-refractivity contribution in [3.8, 4) is 0 Å². The number of aryl methyl sites for hydroxylation is 1. The Hall–Kier alpha value is -3.56. The van der Waals surface area contributed by atoms with Gasteiger partial charge in [-0.1, -0.05) is 0 Å². The summed E-state index contributed by atoms with van der Waals surface area (Å²) in [5.74, 6) is -0.855. The van der Waals surface area contributed by atoms with Crippen LogP contribution >= 0.6 is 0 Å². The predicted octanol–water partition coefficient (Wildman–Crippen LogP) is 3.08. The topological polar surface area (TPSA) is 113 Å². The maximum Gasteiger partial charge on any atom is 0.312 e. The van der Waals surface area contributed by atoms with Gasteiger partial charge in [-0.3, -0.25) is 14.6 Å². The molecule has 0 aliphatic carbocycles. The first-order chi connectivity index (χ1) is 16.1. The molecule has 1 aliphatic rings. The number of halogens is 1. The molecule has 4 heterocycles. The molecule has 0 radical (unpaired) electrons. The van der Waals surface area contributed by atoms with Gasteiger partial charge in [-0.05, 0) is 52.2 Å². The predicted molar refractivity (Wildman–Crippen MR) is 125 cm³/mol. The van der Waals surface area contributed by atoms with E-state index in [0.29, 0.717) is 25.9 Å². The van der Waals surface area contributed by atoms with Gasteiger partial charge < -0.3 is 19.9 Å². The Labute approximate surface area is 197 Å². The summed E-state index contributed by atoms with van der Waals surface area (Å²) < 4.78 is 19.6. The largest absolute Gasteiger partial charge is 0.460 e. The molecule has 10 heteroatoms. The Kier molecular flexibility index (Phi) is 6.49. The van der Waals surface area contributed by atoms with E-state index in [9.17, 15) is 14.0 Å². The maximum absolute atomic E-state index is 14.4. The molecule has 1 amide bonds. The molecule has 0 unspecified atom stereocenters. The minimum atomic E-state index is -0.728. The molecular weight excluding hydrogens is 439 g/mol. The second kappa shape index (κ2) is 9.36. The molecule has 180 valence electrons. The lowest BCUT2D eigenvalue weighted by atomic mass is 10.0. The van der Waals surface area contributed by atoms with Gasteiger partial charge in [0.2, 0.25) is 0 Å². The van der Waals surface area contributed by atoms with Crippen molar-refractivity contribution in [3.63, 3.8) is 0 Å². The minimum Gasteiger partial charge on any atom is -0.460 e. The number of ether oxygens (including phenoxy) is 1. The number of carbonyl (C=O) groups excluding carboxylic acids is 2. The smallest absolute Gasteiger partial charge is 0.312 e. The van der Waals surface area contributed by atoms with Crippen LogP contribution in [0.2, 0.25) is 0 Å². The van der Waals surface area contributed by atoms with Crippen molar-refractivity contribution in [1.29, 1.82) is 0 Å². The first kappa shape index (κ1) is 23.6. The number of pyridine rings is 1. The Morgan fingerprint density at radius 1 is 1.24 bits per heavy atom. The maximum atomic E-state index is 14.4. The highest BCUT2D eigenvalue weighted by atomic mass is 19.1. The molecular formula is C24H29FN6O3. The third-order valence-corrected chi connectivity index (χ3v) is 5.68. The monoisotopic (exact) mass is 468 g/mol. The van der Waals surface area contributed by atoms with Crippen LogP contribution in [0.15, 0.2) is 24.8 Å². The van der Waals surface area contributed by atoms with Crippen LogP contribution < -0.4 is 10.2 Å². The normalized spacial score (nSPS) is 14.9. The molecule has 9 nitrogen and oxygen atoms in total. The average molecular weight is 469 g/mol. The molecule has 1 aliphatic heterocycles. The number of rotatable bonds is 5. The number of amides is 1.